The normalized spacial score (nSPS) is 17.8. The van der Waals surface area contributed by atoms with Gasteiger partial charge in [0.2, 0.25) is 11.8 Å². The number of carbonyl (C=O) groups is 2. The summed E-state index contributed by atoms with van der Waals surface area (Å²) >= 11 is 0. The molecule has 1 saturated heterocycles. The molecule has 1 aromatic carbocycles. The Morgan fingerprint density at radius 2 is 2.12 bits per heavy atom. The van der Waals surface area contributed by atoms with E-state index in [2.05, 4.69) is 27.6 Å². The van der Waals surface area contributed by atoms with E-state index in [0.29, 0.717) is 12.2 Å². The van der Waals surface area contributed by atoms with Gasteiger partial charge in [-0.15, -0.1) is 0 Å². The highest BCUT2D eigenvalue weighted by Gasteiger charge is 2.37. The number of aromatic nitrogens is 2. The van der Waals surface area contributed by atoms with Crippen LogP contribution in [0.3, 0.4) is 0 Å². The molecule has 1 unspecified atom stereocenters. The molecule has 2 N–H and O–H groups in total. The van der Waals surface area contributed by atoms with Crippen molar-refractivity contribution in [2.24, 2.45) is 5.92 Å². The van der Waals surface area contributed by atoms with Crippen LogP contribution in [-0.4, -0.2) is 34.1 Å². The Labute approximate surface area is 147 Å². The van der Waals surface area contributed by atoms with E-state index in [1.807, 2.05) is 32.0 Å². The number of carbonyl (C=O) groups excluding carboxylic acids is 2. The van der Waals surface area contributed by atoms with E-state index in [1.54, 1.807) is 17.3 Å². The molecule has 0 spiro atoms. The summed E-state index contributed by atoms with van der Waals surface area (Å²) < 4.78 is 0. The van der Waals surface area contributed by atoms with E-state index in [4.69, 9.17) is 0 Å². The van der Waals surface area contributed by atoms with Crippen LogP contribution >= 0.6 is 0 Å². The lowest BCUT2D eigenvalue weighted by molar-refractivity contribution is -0.127. The molecule has 0 radical (unpaired) electrons. The van der Waals surface area contributed by atoms with Crippen molar-refractivity contribution in [3.05, 3.63) is 48.3 Å². The maximum Gasteiger partial charge on any atom is 0.227 e. The smallest absolute Gasteiger partial charge is 0.227 e. The van der Waals surface area contributed by atoms with Gasteiger partial charge < -0.3 is 10.2 Å². The average Bonchev–Trinajstić information content (AvgIpc) is 3.23. The third kappa shape index (κ3) is 4.26. The molecule has 1 aromatic heterocycles. The number of hydrogen-bond donors (Lipinski definition) is 2. The van der Waals surface area contributed by atoms with E-state index in [9.17, 15) is 9.59 Å². The van der Waals surface area contributed by atoms with E-state index < -0.39 is 0 Å². The molecule has 3 rings (SSSR count). The summed E-state index contributed by atoms with van der Waals surface area (Å²) in [6, 6.07) is 10.2. The molecule has 6 nitrogen and oxygen atoms in total. The summed E-state index contributed by atoms with van der Waals surface area (Å²) in [5.41, 5.74) is 1.65. The number of anilines is 1. The number of hydrogen-bond acceptors (Lipinski definition) is 3. The minimum atomic E-state index is -0.321. The number of aromatic amines is 1. The van der Waals surface area contributed by atoms with Crippen LogP contribution in [-0.2, 0) is 16.0 Å². The van der Waals surface area contributed by atoms with Gasteiger partial charge in [0.15, 0.2) is 0 Å². The lowest BCUT2D eigenvalue weighted by atomic mass is 9.94. The highest BCUT2D eigenvalue weighted by Crippen LogP contribution is 2.25. The zero-order valence-corrected chi connectivity index (χ0v) is 14.7. The maximum atomic E-state index is 12.6. The van der Waals surface area contributed by atoms with Crippen LogP contribution in [0.2, 0.25) is 0 Å². The van der Waals surface area contributed by atoms with Crippen LogP contribution in [0.1, 0.15) is 32.3 Å². The lowest BCUT2D eigenvalue weighted by Gasteiger charge is -2.28. The van der Waals surface area contributed by atoms with Crippen molar-refractivity contribution in [1.29, 1.82) is 0 Å². The molecule has 1 fully saturated rings. The molecule has 1 aliphatic rings. The monoisotopic (exact) mass is 340 g/mol. The van der Waals surface area contributed by atoms with Gasteiger partial charge in [-0.2, -0.15) is 5.10 Å². The summed E-state index contributed by atoms with van der Waals surface area (Å²) in [5, 5.41) is 9.68. The Morgan fingerprint density at radius 3 is 2.80 bits per heavy atom. The van der Waals surface area contributed by atoms with Gasteiger partial charge in [-0.25, -0.2) is 0 Å². The number of aryl methyl sites for hydroxylation is 1. The summed E-state index contributed by atoms with van der Waals surface area (Å²) in [6.45, 7) is 4.45. The SMILES string of the molecule is CC(C)(CCc1ccccc1)NC(=O)C1CC(=O)N(c2cn[nH]c2)C1. The Hall–Kier alpha value is -2.63. The first kappa shape index (κ1) is 17.2. The first-order valence-electron chi connectivity index (χ1n) is 8.60. The first-order chi connectivity index (χ1) is 11.9. The molecule has 0 aliphatic carbocycles. The Bertz CT molecular complexity index is 725. The second-order valence-electron chi connectivity index (χ2n) is 7.22. The number of amides is 2. The van der Waals surface area contributed by atoms with Gasteiger partial charge in [0.1, 0.15) is 0 Å². The van der Waals surface area contributed by atoms with Crippen molar-refractivity contribution in [2.45, 2.75) is 38.6 Å². The molecule has 6 heteroatoms. The zero-order chi connectivity index (χ0) is 17.9. The van der Waals surface area contributed by atoms with Crippen molar-refractivity contribution in [3.8, 4) is 0 Å². The minimum absolute atomic E-state index is 0.0383. The number of benzene rings is 1. The van der Waals surface area contributed by atoms with Crippen LogP contribution < -0.4 is 10.2 Å². The van der Waals surface area contributed by atoms with Gasteiger partial charge in [0, 0.05) is 24.7 Å². The first-order valence-corrected chi connectivity index (χ1v) is 8.60. The Morgan fingerprint density at radius 1 is 1.36 bits per heavy atom. The molecular weight excluding hydrogens is 316 g/mol. The summed E-state index contributed by atoms with van der Waals surface area (Å²) in [4.78, 5) is 26.4. The fraction of sp³-hybridized carbons (Fsp3) is 0.421. The Balaban J connectivity index is 1.55. The van der Waals surface area contributed by atoms with Crippen LogP contribution in [0, 0.1) is 5.92 Å². The van der Waals surface area contributed by atoms with Gasteiger partial charge in [0.25, 0.3) is 0 Å². The fourth-order valence-electron chi connectivity index (χ4n) is 3.12. The van der Waals surface area contributed by atoms with Crippen LogP contribution in [0.25, 0.3) is 0 Å². The van der Waals surface area contributed by atoms with Gasteiger partial charge in [0.05, 0.1) is 17.8 Å². The fourth-order valence-corrected chi connectivity index (χ4v) is 3.12. The van der Waals surface area contributed by atoms with Crippen LogP contribution in [0.5, 0.6) is 0 Å². The van der Waals surface area contributed by atoms with Gasteiger partial charge >= 0.3 is 0 Å². The predicted molar refractivity (Wildman–Crippen MR) is 96.0 cm³/mol. The molecule has 2 heterocycles. The van der Waals surface area contributed by atoms with Gasteiger partial charge in [-0.05, 0) is 32.3 Å². The molecule has 25 heavy (non-hydrogen) atoms. The van der Waals surface area contributed by atoms with Gasteiger partial charge in [-0.3, -0.25) is 14.7 Å². The molecule has 2 amide bonds. The summed E-state index contributed by atoms with van der Waals surface area (Å²) in [5.74, 6) is -0.417. The highest BCUT2D eigenvalue weighted by atomic mass is 16.2. The summed E-state index contributed by atoms with van der Waals surface area (Å²) in [6.07, 6.45) is 5.25. The molecule has 1 atom stereocenters. The maximum absolute atomic E-state index is 12.6. The zero-order valence-electron chi connectivity index (χ0n) is 14.7. The van der Waals surface area contributed by atoms with Crippen LogP contribution in [0.15, 0.2) is 42.7 Å². The van der Waals surface area contributed by atoms with E-state index in [1.165, 1.54) is 5.56 Å². The number of nitrogens with one attached hydrogen (secondary N) is 2. The average molecular weight is 340 g/mol. The molecule has 2 aromatic rings. The highest BCUT2D eigenvalue weighted by molar-refractivity contribution is 6.00. The minimum Gasteiger partial charge on any atom is -0.351 e. The van der Waals surface area contributed by atoms with E-state index in [-0.39, 0.29) is 29.7 Å². The van der Waals surface area contributed by atoms with Crippen molar-refractivity contribution in [1.82, 2.24) is 15.5 Å². The third-order valence-electron chi connectivity index (χ3n) is 4.63. The number of nitrogens with zero attached hydrogens (tertiary/aromatic N) is 2. The second-order valence-corrected chi connectivity index (χ2v) is 7.22. The standard InChI is InChI=1S/C19H24N4O2/c1-19(2,9-8-14-6-4-3-5-7-14)22-18(25)15-10-17(24)23(13-15)16-11-20-21-12-16/h3-7,11-12,15H,8-10,13H2,1-2H3,(H,20,21)(H,22,25). The number of H-pyrrole nitrogens is 1. The van der Waals surface area contributed by atoms with Crippen LogP contribution in [0.4, 0.5) is 5.69 Å². The molecule has 132 valence electrons. The predicted octanol–water partition coefficient (Wildman–Crippen LogP) is 2.29. The van der Waals surface area contributed by atoms with Crippen molar-refractivity contribution < 1.29 is 9.59 Å². The molecule has 1 aliphatic heterocycles. The topological polar surface area (TPSA) is 78.1 Å². The van der Waals surface area contributed by atoms with E-state index >= 15 is 0 Å². The lowest BCUT2D eigenvalue weighted by Crippen LogP contribution is -2.47. The summed E-state index contributed by atoms with van der Waals surface area (Å²) in [7, 11) is 0. The molecule has 0 bridgehead atoms. The number of rotatable bonds is 6. The van der Waals surface area contributed by atoms with Crippen molar-refractivity contribution in [2.75, 3.05) is 11.4 Å². The van der Waals surface area contributed by atoms with Crippen molar-refractivity contribution in [3.63, 3.8) is 0 Å². The third-order valence-corrected chi connectivity index (χ3v) is 4.63. The molecule has 0 saturated carbocycles. The molecular formula is C19H24N4O2. The Kier molecular flexibility index (Phi) is 4.88. The quantitative estimate of drug-likeness (QED) is 0.847. The van der Waals surface area contributed by atoms with Gasteiger partial charge in [-0.1, -0.05) is 30.3 Å². The van der Waals surface area contributed by atoms with Crippen molar-refractivity contribution >= 4 is 17.5 Å². The largest absolute Gasteiger partial charge is 0.351 e. The second kappa shape index (κ2) is 7.09. The van der Waals surface area contributed by atoms with E-state index in [0.717, 1.165) is 12.8 Å².